The molecule has 4 heteroatoms. The quantitative estimate of drug-likeness (QED) is 0.885. The van der Waals surface area contributed by atoms with Crippen LogP contribution in [-0.4, -0.2) is 17.2 Å². The van der Waals surface area contributed by atoms with Crippen LogP contribution in [0.25, 0.3) is 11.1 Å². The Morgan fingerprint density at radius 2 is 2.12 bits per heavy atom. The van der Waals surface area contributed by atoms with Gasteiger partial charge in [0.2, 0.25) is 0 Å². The minimum absolute atomic E-state index is 0.136. The van der Waals surface area contributed by atoms with E-state index in [1.165, 1.54) is 6.07 Å². The average Bonchev–Trinajstić information content (AvgIpc) is 2.38. The first-order chi connectivity index (χ1) is 8.24. The molecule has 0 amide bonds. The van der Waals surface area contributed by atoms with Gasteiger partial charge in [-0.15, -0.1) is 0 Å². The molecule has 2 aromatic rings. The van der Waals surface area contributed by atoms with Gasteiger partial charge in [-0.2, -0.15) is 0 Å². The van der Waals surface area contributed by atoms with Crippen LogP contribution >= 0.6 is 0 Å². The number of methoxy groups -OCH3 is 1. The molecule has 0 aliphatic rings. The van der Waals surface area contributed by atoms with Crippen molar-refractivity contribution in [3.63, 3.8) is 0 Å². The molecule has 88 valence electrons. The Labute approximate surface area is 98.5 Å². The molecule has 0 atom stereocenters. The average molecular weight is 233 g/mol. The summed E-state index contributed by atoms with van der Waals surface area (Å²) in [5, 5.41) is 9.30. The maximum absolute atomic E-state index is 13.1. The van der Waals surface area contributed by atoms with Crippen LogP contribution in [0.2, 0.25) is 0 Å². The second-order valence-corrected chi connectivity index (χ2v) is 3.57. The molecule has 3 nitrogen and oxygen atoms in total. The van der Waals surface area contributed by atoms with Gasteiger partial charge >= 0.3 is 0 Å². The predicted octanol–water partition coefficient (Wildman–Crippen LogP) is 2.39. The lowest BCUT2D eigenvalue weighted by molar-refractivity contribution is 0.281. The molecular formula is C13H12FNO2. The van der Waals surface area contributed by atoms with E-state index in [1.807, 2.05) is 0 Å². The standard InChI is InChI=1S/C13H12FNO2/c1-17-12-2-3-13(10(5-12)8-16)9-4-11(14)7-15-6-9/h2-7,16H,8H2,1H3. The van der Waals surface area contributed by atoms with Crippen LogP contribution in [0, 0.1) is 5.82 Å². The van der Waals surface area contributed by atoms with E-state index in [2.05, 4.69) is 4.98 Å². The maximum atomic E-state index is 13.1. The largest absolute Gasteiger partial charge is 0.497 e. The minimum atomic E-state index is -0.401. The van der Waals surface area contributed by atoms with Crippen molar-refractivity contribution >= 4 is 0 Å². The van der Waals surface area contributed by atoms with Gasteiger partial charge in [0, 0.05) is 11.8 Å². The summed E-state index contributed by atoms with van der Waals surface area (Å²) in [4.78, 5) is 3.79. The molecule has 2 rings (SSSR count). The summed E-state index contributed by atoms with van der Waals surface area (Å²) < 4.78 is 18.2. The molecular weight excluding hydrogens is 221 g/mol. The van der Waals surface area contributed by atoms with Crippen molar-refractivity contribution in [3.8, 4) is 16.9 Å². The minimum Gasteiger partial charge on any atom is -0.497 e. The summed E-state index contributed by atoms with van der Waals surface area (Å²) >= 11 is 0. The molecule has 0 saturated carbocycles. The predicted molar refractivity (Wildman–Crippen MR) is 62.1 cm³/mol. The number of pyridine rings is 1. The topological polar surface area (TPSA) is 42.4 Å². The Morgan fingerprint density at radius 1 is 1.29 bits per heavy atom. The number of hydrogen-bond donors (Lipinski definition) is 1. The Balaban J connectivity index is 2.51. The van der Waals surface area contributed by atoms with Crippen molar-refractivity contribution in [2.24, 2.45) is 0 Å². The molecule has 1 aromatic heterocycles. The van der Waals surface area contributed by atoms with E-state index in [1.54, 1.807) is 31.5 Å². The Morgan fingerprint density at radius 3 is 2.76 bits per heavy atom. The fraction of sp³-hybridized carbons (Fsp3) is 0.154. The third-order valence-corrected chi connectivity index (χ3v) is 2.50. The first-order valence-corrected chi connectivity index (χ1v) is 5.13. The highest BCUT2D eigenvalue weighted by Gasteiger charge is 2.07. The van der Waals surface area contributed by atoms with Crippen molar-refractivity contribution < 1.29 is 14.2 Å². The number of nitrogens with zero attached hydrogens (tertiary/aromatic N) is 1. The van der Waals surface area contributed by atoms with E-state index in [0.29, 0.717) is 16.9 Å². The Bertz CT molecular complexity index is 529. The van der Waals surface area contributed by atoms with Gasteiger partial charge in [0.15, 0.2) is 0 Å². The van der Waals surface area contributed by atoms with Gasteiger partial charge < -0.3 is 9.84 Å². The number of aromatic nitrogens is 1. The number of rotatable bonds is 3. The Hall–Kier alpha value is -1.94. The molecule has 1 heterocycles. The molecule has 0 fully saturated rings. The molecule has 0 saturated heterocycles. The van der Waals surface area contributed by atoms with Crippen molar-refractivity contribution in [2.75, 3.05) is 7.11 Å². The number of ether oxygens (including phenoxy) is 1. The number of halogens is 1. The normalized spacial score (nSPS) is 10.3. The molecule has 1 N–H and O–H groups in total. The third-order valence-electron chi connectivity index (χ3n) is 2.50. The van der Waals surface area contributed by atoms with Gasteiger partial charge in [0.25, 0.3) is 0 Å². The van der Waals surface area contributed by atoms with Crippen LogP contribution < -0.4 is 4.74 Å². The molecule has 0 aliphatic heterocycles. The van der Waals surface area contributed by atoms with Gasteiger partial charge in [0.05, 0.1) is 19.9 Å². The number of benzene rings is 1. The first kappa shape index (κ1) is 11.5. The summed E-state index contributed by atoms with van der Waals surface area (Å²) in [5.41, 5.74) is 2.06. The summed E-state index contributed by atoms with van der Waals surface area (Å²) in [6, 6.07) is 6.65. The van der Waals surface area contributed by atoms with Crippen LogP contribution in [-0.2, 0) is 6.61 Å². The SMILES string of the molecule is COc1ccc(-c2cncc(F)c2)c(CO)c1. The van der Waals surface area contributed by atoms with Crippen LogP contribution in [0.5, 0.6) is 5.75 Å². The fourth-order valence-electron chi connectivity index (χ4n) is 1.67. The van der Waals surface area contributed by atoms with E-state index < -0.39 is 5.82 Å². The lowest BCUT2D eigenvalue weighted by Crippen LogP contribution is -1.93. The maximum Gasteiger partial charge on any atom is 0.142 e. The molecule has 0 radical (unpaired) electrons. The fourth-order valence-corrected chi connectivity index (χ4v) is 1.67. The summed E-state index contributed by atoms with van der Waals surface area (Å²) in [7, 11) is 1.56. The first-order valence-electron chi connectivity index (χ1n) is 5.13. The van der Waals surface area contributed by atoms with E-state index in [-0.39, 0.29) is 6.61 Å². The van der Waals surface area contributed by atoms with Crippen LogP contribution in [0.3, 0.4) is 0 Å². The van der Waals surface area contributed by atoms with Gasteiger partial charge in [-0.25, -0.2) is 4.39 Å². The third kappa shape index (κ3) is 2.42. The van der Waals surface area contributed by atoms with Crippen molar-refractivity contribution in [2.45, 2.75) is 6.61 Å². The zero-order chi connectivity index (χ0) is 12.3. The van der Waals surface area contributed by atoms with Crippen molar-refractivity contribution in [3.05, 3.63) is 48.0 Å². The number of aliphatic hydroxyl groups is 1. The van der Waals surface area contributed by atoms with E-state index in [9.17, 15) is 9.50 Å². The monoisotopic (exact) mass is 233 g/mol. The number of hydrogen-bond acceptors (Lipinski definition) is 3. The highest BCUT2D eigenvalue weighted by atomic mass is 19.1. The second kappa shape index (κ2) is 4.93. The van der Waals surface area contributed by atoms with Crippen molar-refractivity contribution in [1.29, 1.82) is 0 Å². The van der Waals surface area contributed by atoms with Gasteiger partial charge in [-0.1, -0.05) is 6.07 Å². The molecule has 0 spiro atoms. The summed E-state index contributed by atoms with van der Waals surface area (Å²) in [5.74, 6) is 0.254. The van der Waals surface area contributed by atoms with Gasteiger partial charge in [0.1, 0.15) is 11.6 Å². The highest BCUT2D eigenvalue weighted by molar-refractivity contribution is 5.67. The summed E-state index contributed by atoms with van der Waals surface area (Å²) in [6.07, 6.45) is 2.70. The van der Waals surface area contributed by atoms with Gasteiger partial charge in [-0.05, 0) is 29.3 Å². The molecule has 1 aromatic carbocycles. The molecule has 0 bridgehead atoms. The molecule has 0 aliphatic carbocycles. The molecule has 17 heavy (non-hydrogen) atoms. The second-order valence-electron chi connectivity index (χ2n) is 3.57. The highest BCUT2D eigenvalue weighted by Crippen LogP contribution is 2.27. The van der Waals surface area contributed by atoms with Crippen LogP contribution in [0.4, 0.5) is 4.39 Å². The van der Waals surface area contributed by atoms with E-state index in [0.717, 1.165) is 11.8 Å². The van der Waals surface area contributed by atoms with E-state index in [4.69, 9.17) is 4.74 Å². The molecule has 0 unspecified atom stereocenters. The lowest BCUT2D eigenvalue weighted by atomic mass is 10.0. The van der Waals surface area contributed by atoms with Crippen molar-refractivity contribution in [1.82, 2.24) is 4.98 Å². The van der Waals surface area contributed by atoms with Gasteiger partial charge in [-0.3, -0.25) is 4.98 Å². The summed E-state index contributed by atoms with van der Waals surface area (Å²) in [6.45, 7) is -0.136. The van der Waals surface area contributed by atoms with Crippen LogP contribution in [0.1, 0.15) is 5.56 Å². The van der Waals surface area contributed by atoms with E-state index >= 15 is 0 Å². The zero-order valence-electron chi connectivity index (χ0n) is 9.35. The zero-order valence-corrected chi connectivity index (χ0v) is 9.35. The van der Waals surface area contributed by atoms with Crippen LogP contribution in [0.15, 0.2) is 36.7 Å². The Kier molecular flexibility index (Phi) is 3.35. The smallest absolute Gasteiger partial charge is 0.142 e. The lowest BCUT2D eigenvalue weighted by Gasteiger charge is -2.09. The number of aliphatic hydroxyl groups excluding tert-OH is 1.